The molecule has 0 saturated carbocycles. The molecule has 1 aromatic carbocycles. The Morgan fingerprint density at radius 2 is 1.74 bits per heavy atom. The largest absolute Gasteiger partial charge is 0.493 e. The number of morpholine rings is 1. The fraction of sp³-hybridized carbons (Fsp3) is 0.500. The minimum Gasteiger partial charge on any atom is -0.493 e. The first-order chi connectivity index (χ1) is 13.0. The SMILES string of the molecule is CC(C)COc1ccc(C2=C(Cl)C(=O)N(CCN3CCOCC3)C2=O)cc1. The minimum atomic E-state index is -0.426. The van der Waals surface area contributed by atoms with E-state index in [4.69, 9.17) is 21.1 Å². The van der Waals surface area contributed by atoms with E-state index < -0.39 is 5.91 Å². The Labute approximate surface area is 164 Å². The number of nitrogens with zero attached hydrogens (tertiary/aromatic N) is 2. The number of imide groups is 1. The Hall–Kier alpha value is -1.89. The van der Waals surface area contributed by atoms with Crippen LogP contribution in [0.4, 0.5) is 0 Å². The molecule has 0 aliphatic carbocycles. The van der Waals surface area contributed by atoms with Gasteiger partial charge in [-0.25, -0.2) is 0 Å². The van der Waals surface area contributed by atoms with E-state index in [1.807, 2.05) is 0 Å². The first-order valence-corrected chi connectivity index (χ1v) is 9.64. The topological polar surface area (TPSA) is 59.1 Å². The van der Waals surface area contributed by atoms with Crippen molar-refractivity contribution in [1.29, 1.82) is 0 Å². The molecule has 1 saturated heterocycles. The molecule has 0 radical (unpaired) electrons. The van der Waals surface area contributed by atoms with E-state index in [0.29, 0.717) is 44.4 Å². The summed E-state index contributed by atoms with van der Waals surface area (Å²) in [6.07, 6.45) is 0. The maximum atomic E-state index is 12.8. The van der Waals surface area contributed by atoms with Gasteiger partial charge < -0.3 is 9.47 Å². The van der Waals surface area contributed by atoms with Crippen LogP contribution in [0.3, 0.4) is 0 Å². The lowest BCUT2D eigenvalue weighted by atomic mass is 10.1. The summed E-state index contributed by atoms with van der Waals surface area (Å²) in [5.41, 5.74) is 0.892. The number of benzene rings is 1. The zero-order valence-corrected chi connectivity index (χ0v) is 16.5. The van der Waals surface area contributed by atoms with Crippen LogP contribution < -0.4 is 4.74 Å². The zero-order valence-electron chi connectivity index (χ0n) is 15.7. The molecule has 1 fully saturated rings. The molecule has 3 rings (SSSR count). The molecule has 0 aromatic heterocycles. The van der Waals surface area contributed by atoms with Crippen molar-refractivity contribution in [2.75, 3.05) is 46.0 Å². The van der Waals surface area contributed by atoms with Crippen molar-refractivity contribution in [3.05, 3.63) is 34.9 Å². The highest BCUT2D eigenvalue weighted by atomic mass is 35.5. The predicted octanol–water partition coefficient (Wildman–Crippen LogP) is 2.37. The van der Waals surface area contributed by atoms with Crippen LogP contribution in [0.15, 0.2) is 29.3 Å². The molecule has 2 aliphatic rings. The van der Waals surface area contributed by atoms with Gasteiger partial charge in [0.1, 0.15) is 10.8 Å². The summed E-state index contributed by atoms with van der Waals surface area (Å²) in [5.74, 6) is 0.389. The summed E-state index contributed by atoms with van der Waals surface area (Å²) in [5, 5.41) is -0.0159. The second-order valence-electron chi connectivity index (χ2n) is 7.13. The molecule has 0 bridgehead atoms. The monoisotopic (exact) mass is 392 g/mol. The molecular weight excluding hydrogens is 368 g/mol. The molecule has 6 nitrogen and oxygen atoms in total. The second kappa shape index (κ2) is 8.87. The highest BCUT2D eigenvalue weighted by Crippen LogP contribution is 2.32. The number of hydrogen-bond acceptors (Lipinski definition) is 5. The van der Waals surface area contributed by atoms with Gasteiger partial charge in [0, 0.05) is 26.2 Å². The Kier molecular flexibility index (Phi) is 6.52. The lowest BCUT2D eigenvalue weighted by Gasteiger charge is -2.28. The van der Waals surface area contributed by atoms with Gasteiger partial charge in [-0.15, -0.1) is 0 Å². The molecule has 0 unspecified atom stereocenters. The van der Waals surface area contributed by atoms with Gasteiger partial charge in [0.2, 0.25) is 0 Å². The third-order valence-electron chi connectivity index (χ3n) is 4.58. The van der Waals surface area contributed by atoms with Gasteiger partial charge in [0.05, 0.1) is 25.4 Å². The summed E-state index contributed by atoms with van der Waals surface area (Å²) in [6.45, 7) is 8.70. The molecular formula is C20H25ClN2O4. The second-order valence-corrected chi connectivity index (χ2v) is 7.51. The number of rotatable bonds is 7. The van der Waals surface area contributed by atoms with E-state index in [9.17, 15) is 9.59 Å². The number of halogens is 1. The van der Waals surface area contributed by atoms with Crippen LogP contribution in [0, 0.1) is 5.92 Å². The van der Waals surface area contributed by atoms with Crippen molar-refractivity contribution in [3.63, 3.8) is 0 Å². The summed E-state index contributed by atoms with van der Waals surface area (Å²) in [6, 6.07) is 7.13. The number of carbonyl (C=O) groups excluding carboxylic acids is 2. The van der Waals surface area contributed by atoms with Gasteiger partial charge in [0.25, 0.3) is 11.8 Å². The van der Waals surface area contributed by atoms with Gasteiger partial charge >= 0.3 is 0 Å². The summed E-state index contributed by atoms with van der Waals surface area (Å²) in [7, 11) is 0. The number of amides is 2. The van der Waals surface area contributed by atoms with Gasteiger partial charge in [-0.2, -0.15) is 0 Å². The van der Waals surface area contributed by atoms with Crippen LogP contribution in [0.25, 0.3) is 5.57 Å². The van der Waals surface area contributed by atoms with E-state index in [1.165, 1.54) is 4.90 Å². The highest BCUT2D eigenvalue weighted by molar-refractivity contribution is 6.55. The van der Waals surface area contributed by atoms with E-state index in [1.54, 1.807) is 24.3 Å². The molecule has 0 atom stereocenters. The lowest BCUT2D eigenvalue weighted by Crippen LogP contribution is -2.43. The first kappa shape index (κ1) is 19.9. The van der Waals surface area contributed by atoms with E-state index in [2.05, 4.69) is 18.7 Å². The van der Waals surface area contributed by atoms with Crippen molar-refractivity contribution in [2.24, 2.45) is 5.92 Å². The van der Waals surface area contributed by atoms with Gasteiger partial charge in [-0.05, 0) is 23.6 Å². The smallest absolute Gasteiger partial charge is 0.273 e. The first-order valence-electron chi connectivity index (χ1n) is 9.26. The molecule has 0 N–H and O–H groups in total. The maximum Gasteiger partial charge on any atom is 0.273 e. The standard InChI is InChI=1S/C20H25ClN2O4/c1-14(2)13-27-16-5-3-15(4-6-16)17-18(21)20(25)23(19(17)24)8-7-22-9-11-26-12-10-22/h3-6,14H,7-13H2,1-2H3. The van der Waals surface area contributed by atoms with Crippen molar-refractivity contribution in [1.82, 2.24) is 9.80 Å². The fourth-order valence-corrected chi connectivity index (χ4v) is 3.34. The van der Waals surface area contributed by atoms with Gasteiger partial charge in [-0.3, -0.25) is 19.4 Å². The molecule has 1 aromatic rings. The quantitative estimate of drug-likeness (QED) is 0.667. The van der Waals surface area contributed by atoms with E-state index >= 15 is 0 Å². The molecule has 0 spiro atoms. The Balaban J connectivity index is 1.66. The number of ether oxygens (including phenoxy) is 2. The average Bonchev–Trinajstić information content (AvgIpc) is 2.88. The number of carbonyl (C=O) groups is 2. The highest BCUT2D eigenvalue weighted by Gasteiger charge is 2.38. The molecule has 2 aliphatic heterocycles. The Morgan fingerprint density at radius 1 is 1.07 bits per heavy atom. The third kappa shape index (κ3) is 4.69. The minimum absolute atomic E-state index is 0.0159. The van der Waals surface area contributed by atoms with Crippen molar-refractivity contribution >= 4 is 29.0 Å². The van der Waals surface area contributed by atoms with Crippen molar-refractivity contribution < 1.29 is 19.1 Å². The van der Waals surface area contributed by atoms with Crippen molar-refractivity contribution in [2.45, 2.75) is 13.8 Å². The molecule has 146 valence electrons. The summed E-state index contributed by atoms with van der Waals surface area (Å²) in [4.78, 5) is 28.7. The summed E-state index contributed by atoms with van der Waals surface area (Å²) < 4.78 is 11.0. The average molecular weight is 393 g/mol. The van der Waals surface area contributed by atoms with E-state index in [-0.39, 0.29) is 16.5 Å². The van der Waals surface area contributed by atoms with Crippen molar-refractivity contribution in [3.8, 4) is 5.75 Å². The summed E-state index contributed by atoms with van der Waals surface area (Å²) >= 11 is 6.22. The lowest BCUT2D eigenvalue weighted by molar-refractivity contribution is -0.136. The third-order valence-corrected chi connectivity index (χ3v) is 4.93. The molecule has 2 heterocycles. The predicted molar refractivity (Wildman–Crippen MR) is 104 cm³/mol. The van der Waals surface area contributed by atoms with Gasteiger partial charge in [0.15, 0.2) is 0 Å². The molecule has 7 heteroatoms. The van der Waals surface area contributed by atoms with Crippen LogP contribution in [-0.4, -0.2) is 67.6 Å². The van der Waals surface area contributed by atoms with E-state index in [0.717, 1.165) is 18.8 Å². The van der Waals surface area contributed by atoms with Crippen LogP contribution in [0.2, 0.25) is 0 Å². The fourth-order valence-electron chi connectivity index (χ4n) is 3.05. The maximum absolute atomic E-state index is 12.8. The molecule has 2 amide bonds. The Morgan fingerprint density at radius 3 is 2.37 bits per heavy atom. The zero-order chi connectivity index (χ0) is 19.4. The van der Waals surface area contributed by atoms with Crippen LogP contribution in [0.1, 0.15) is 19.4 Å². The number of hydrogen-bond donors (Lipinski definition) is 0. The normalized spacial score (nSPS) is 18.7. The Bertz CT molecular complexity index is 724. The van der Waals surface area contributed by atoms with Crippen LogP contribution in [-0.2, 0) is 14.3 Å². The van der Waals surface area contributed by atoms with Crippen LogP contribution >= 0.6 is 11.6 Å². The van der Waals surface area contributed by atoms with Gasteiger partial charge in [-0.1, -0.05) is 37.6 Å². The van der Waals surface area contributed by atoms with Crippen LogP contribution in [0.5, 0.6) is 5.75 Å². The molecule has 27 heavy (non-hydrogen) atoms.